The van der Waals surface area contributed by atoms with Crippen LogP contribution < -0.4 is 11.0 Å². The van der Waals surface area contributed by atoms with Crippen molar-refractivity contribution < 1.29 is 13.2 Å². The van der Waals surface area contributed by atoms with Gasteiger partial charge in [0.25, 0.3) is 0 Å². The fourth-order valence-electron chi connectivity index (χ4n) is 3.51. The molecule has 1 aromatic heterocycles. The van der Waals surface area contributed by atoms with Crippen LogP contribution in [0.15, 0.2) is 29.1 Å². The van der Waals surface area contributed by atoms with E-state index in [1.807, 2.05) is 0 Å². The normalized spacial score (nSPS) is 15.4. The van der Waals surface area contributed by atoms with Crippen LogP contribution in [-0.2, 0) is 21.4 Å². The summed E-state index contributed by atoms with van der Waals surface area (Å²) in [5.74, 6) is -0.421. The molecule has 27 heavy (non-hydrogen) atoms. The van der Waals surface area contributed by atoms with E-state index in [4.69, 9.17) is 0 Å². The van der Waals surface area contributed by atoms with Crippen LogP contribution in [0.3, 0.4) is 0 Å². The lowest BCUT2D eigenvalue weighted by Gasteiger charge is -2.14. The third-order valence-electron chi connectivity index (χ3n) is 4.79. The van der Waals surface area contributed by atoms with Crippen molar-refractivity contribution in [1.82, 2.24) is 18.8 Å². The second kappa shape index (κ2) is 8.26. The van der Waals surface area contributed by atoms with Gasteiger partial charge in [0.2, 0.25) is 15.9 Å². The Balaban J connectivity index is 1.81. The van der Waals surface area contributed by atoms with E-state index in [-0.39, 0.29) is 18.2 Å². The molecule has 0 spiro atoms. The first kappa shape index (κ1) is 19.6. The van der Waals surface area contributed by atoms with Crippen LogP contribution in [0.1, 0.15) is 26.2 Å². The largest absolute Gasteiger partial charge is 0.353 e. The summed E-state index contributed by atoms with van der Waals surface area (Å²) in [6, 6.07) is 6.65. The molecule has 1 N–H and O–H groups in total. The van der Waals surface area contributed by atoms with E-state index in [0.717, 1.165) is 23.6 Å². The van der Waals surface area contributed by atoms with Gasteiger partial charge in [-0.05, 0) is 44.5 Å². The predicted molar refractivity (Wildman–Crippen MR) is 104 cm³/mol. The number of fused-ring (bicyclic) bond motifs is 1. The van der Waals surface area contributed by atoms with Crippen LogP contribution in [0.25, 0.3) is 11.0 Å². The number of rotatable bonds is 8. The lowest BCUT2D eigenvalue weighted by molar-refractivity contribution is -0.121. The zero-order valence-corrected chi connectivity index (χ0v) is 16.4. The Bertz CT molecular complexity index is 971. The summed E-state index contributed by atoms with van der Waals surface area (Å²) < 4.78 is 27.1. The van der Waals surface area contributed by atoms with Crippen molar-refractivity contribution in [1.29, 1.82) is 0 Å². The average Bonchev–Trinajstić information content (AvgIpc) is 3.22. The summed E-state index contributed by atoms with van der Waals surface area (Å²) >= 11 is 0. The zero-order valence-electron chi connectivity index (χ0n) is 15.6. The minimum Gasteiger partial charge on any atom is -0.353 e. The molecule has 2 heterocycles. The lowest BCUT2D eigenvalue weighted by atomic mass is 10.3. The van der Waals surface area contributed by atoms with E-state index in [2.05, 4.69) is 10.2 Å². The Morgan fingerprint density at radius 1 is 1.15 bits per heavy atom. The molecule has 0 radical (unpaired) electrons. The molecule has 1 amide bonds. The molecular formula is C18H26N4O4S. The zero-order chi connectivity index (χ0) is 19.4. The third kappa shape index (κ3) is 4.24. The second-order valence-electron chi connectivity index (χ2n) is 6.84. The summed E-state index contributed by atoms with van der Waals surface area (Å²) in [5, 5.41) is 2.82. The Kier molecular flexibility index (Phi) is 6.01. The van der Waals surface area contributed by atoms with Crippen molar-refractivity contribution >= 4 is 27.0 Å². The maximum Gasteiger partial charge on any atom is 0.343 e. The number of likely N-dealkylation sites (tertiary alicyclic amines) is 1. The SMILES string of the molecule is CCCS(=O)(=O)n1c(=O)n(CC(=O)NCCN2CCCC2)c2ccccc21. The molecule has 1 aliphatic heterocycles. The molecule has 0 atom stereocenters. The quantitative estimate of drug-likeness (QED) is 0.708. The molecule has 2 aromatic rings. The van der Waals surface area contributed by atoms with E-state index in [1.54, 1.807) is 31.2 Å². The molecule has 0 aliphatic carbocycles. The molecule has 0 bridgehead atoms. The molecule has 3 rings (SSSR count). The Labute approximate surface area is 158 Å². The second-order valence-corrected chi connectivity index (χ2v) is 8.77. The summed E-state index contributed by atoms with van der Waals surface area (Å²) in [5.41, 5.74) is 0.0528. The van der Waals surface area contributed by atoms with Crippen LogP contribution in [0.4, 0.5) is 0 Å². The van der Waals surface area contributed by atoms with Crippen molar-refractivity contribution in [3.8, 4) is 0 Å². The summed E-state index contributed by atoms with van der Waals surface area (Å²) in [6.07, 6.45) is 2.79. The number of nitrogens with zero attached hydrogens (tertiary/aromatic N) is 3. The van der Waals surface area contributed by atoms with Gasteiger partial charge in [-0.1, -0.05) is 19.1 Å². The maximum atomic E-state index is 12.8. The number of para-hydroxylation sites is 2. The van der Waals surface area contributed by atoms with Gasteiger partial charge in [0.15, 0.2) is 0 Å². The number of hydrogen-bond acceptors (Lipinski definition) is 5. The van der Waals surface area contributed by atoms with Gasteiger partial charge in [0.1, 0.15) is 6.54 Å². The van der Waals surface area contributed by atoms with Gasteiger partial charge in [-0.3, -0.25) is 9.36 Å². The van der Waals surface area contributed by atoms with E-state index >= 15 is 0 Å². The highest BCUT2D eigenvalue weighted by atomic mass is 32.2. The van der Waals surface area contributed by atoms with Crippen molar-refractivity contribution in [3.63, 3.8) is 0 Å². The molecule has 1 aliphatic rings. The van der Waals surface area contributed by atoms with Crippen LogP contribution >= 0.6 is 0 Å². The van der Waals surface area contributed by atoms with E-state index in [1.165, 1.54) is 17.4 Å². The third-order valence-corrected chi connectivity index (χ3v) is 6.62. The van der Waals surface area contributed by atoms with Gasteiger partial charge >= 0.3 is 5.69 Å². The molecule has 9 heteroatoms. The highest BCUT2D eigenvalue weighted by Gasteiger charge is 2.23. The first-order valence-corrected chi connectivity index (χ1v) is 11.0. The van der Waals surface area contributed by atoms with Crippen molar-refractivity contribution in [2.45, 2.75) is 32.7 Å². The number of amides is 1. The first-order valence-electron chi connectivity index (χ1n) is 9.36. The van der Waals surface area contributed by atoms with Gasteiger partial charge in [-0.25, -0.2) is 13.2 Å². The smallest absolute Gasteiger partial charge is 0.343 e. The Morgan fingerprint density at radius 2 is 1.81 bits per heavy atom. The predicted octanol–water partition coefficient (Wildman–Crippen LogP) is 0.603. The van der Waals surface area contributed by atoms with Crippen LogP contribution in [0.2, 0.25) is 0 Å². The van der Waals surface area contributed by atoms with Crippen LogP contribution in [0, 0.1) is 0 Å². The molecule has 1 aromatic carbocycles. The van der Waals surface area contributed by atoms with E-state index in [9.17, 15) is 18.0 Å². The lowest BCUT2D eigenvalue weighted by Crippen LogP contribution is -2.38. The summed E-state index contributed by atoms with van der Waals surface area (Å²) in [6.45, 7) is 4.95. The molecule has 1 fully saturated rings. The van der Waals surface area contributed by atoms with E-state index in [0.29, 0.717) is 24.0 Å². The van der Waals surface area contributed by atoms with Crippen LogP contribution in [0.5, 0.6) is 0 Å². The topological polar surface area (TPSA) is 93.4 Å². The van der Waals surface area contributed by atoms with E-state index < -0.39 is 15.7 Å². The fourth-order valence-corrected chi connectivity index (χ4v) is 5.00. The number of carbonyl (C=O) groups excluding carboxylic acids is 1. The Hall–Kier alpha value is -2.13. The average molecular weight is 394 g/mol. The molecule has 0 unspecified atom stereocenters. The first-order chi connectivity index (χ1) is 12.9. The van der Waals surface area contributed by atoms with Gasteiger partial charge in [0.05, 0.1) is 16.8 Å². The number of hydrogen-bond donors (Lipinski definition) is 1. The summed E-state index contributed by atoms with van der Waals surface area (Å²) in [7, 11) is -3.77. The molecule has 1 saturated heterocycles. The molecule has 0 saturated carbocycles. The van der Waals surface area contributed by atoms with Crippen LogP contribution in [-0.4, -0.2) is 59.7 Å². The number of nitrogens with one attached hydrogen (secondary N) is 1. The van der Waals surface area contributed by atoms with Crippen molar-refractivity contribution in [3.05, 3.63) is 34.7 Å². The van der Waals surface area contributed by atoms with Gasteiger partial charge < -0.3 is 10.2 Å². The fraction of sp³-hybridized carbons (Fsp3) is 0.556. The number of aromatic nitrogens is 2. The monoisotopic (exact) mass is 394 g/mol. The summed E-state index contributed by atoms with van der Waals surface area (Å²) in [4.78, 5) is 27.4. The van der Waals surface area contributed by atoms with Crippen molar-refractivity contribution in [2.24, 2.45) is 0 Å². The molecule has 148 valence electrons. The number of carbonyl (C=O) groups is 1. The highest BCUT2D eigenvalue weighted by molar-refractivity contribution is 7.90. The molecule has 8 nitrogen and oxygen atoms in total. The number of benzene rings is 1. The van der Waals surface area contributed by atoms with Gasteiger partial charge in [-0.15, -0.1) is 0 Å². The number of imidazole rings is 1. The minimum absolute atomic E-state index is 0.122. The minimum atomic E-state index is -3.77. The van der Waals surface area contributed by atoms with Gasteiger partial charge in [-0.2, -0.15) is 3.97 Å². The standard InChI is InChI=1S/C18H26N4O4S/c1-2-13-27(25,26)22-16-8-4-3-7-15(16)21(18(22)24)14-17(23)19-9-12-20-10-5-6-11-20/h3-4,7-8H,2,5-6,9-14H2,1H3,(H,19,23). The Morgan fingerprint density at radius 3 is 2.48 bits per heavy atom. The van der Waals surface area contributed by atoms with Gasteiger partial charge in [0, 0.05) is 13.1 Å². The van der Waals surface area contributed by atoms with Crippen molar-refractivity contribution in [2.75, 3.05) is 31.9 Å². The maximum absolute atomic E-state index is 12.8. The highest BCUT2D eigenvalue weighted by Crippen LogP contribution is 2.15. The molecular weight excluding hydrogens is 368 g/mol.